The number of benzene rings is 1. The Kier molecular flexibility index (Phi) is 4.26. The van der Waals surface area contributed by atoms with E-state index in [1.807, 2.05) is 0 Å². The van der Waals surface area contributed by atoms with Gasteiger partial charge in [-0.25, -0.2) is 4.39 Å². The molecule has 2 atom stereocenters. The van der Waals surface area contributed by atoms with Crippen LogP contribution in [0, 0.1) is 5.82 Å². The molecule has 1 aliphatic heterocycles. The summed E-state index contributed by atoms with van der Waals surface area (Å²) in [6.45, 7) is 4.20. The van der Waals surface area contributed by atoms with Crippen molar-refractivity contribution in [2.75, 3.05) is 19.8 Å². The lowest BCUT2D eigenvalue weighted by Crippen LogP contribution is -2.34. The number of ether oxygens (including phenoxy) is 1. The number of aromatic nitrogens is 2. The summed E-state index contributed by atoms with van der Waals surface area (Å²) in [5.74, 6) is 0.446. The van der Waals surface area contributed by atoms with Crippen molar-refractivity contribution in [1.29, 1.82) is 0 Å². The van der Waals surface area contributed by atoms with Crippen LogP contribution in [0.1, 0.15) is 25.2 Å². The van der Waals surface area contributed by atoms with Crippen molar-refractivity contribution in [3.63, 3.8) is 0 Å². The molecule has 3 rings (SSSR count). The zero-order valence-corrected chi connectivity index (χ0v) is 11.9. The molecule has 2 aromatic rings. The maximum atomic E-state index is 13.7. The predicted molar refractivity (Wildman–Crippen MR) is 75.3 cm³/mol. The SMILES string of the molecule is CCCNC1COCC1c1nc(-c2ccccc2F)no1. The van der Waals surface area contributed by atoms with Gasteiger partial charge in [-0.15, -0.1) is 0 Å². The Hall–Kier alpha value is -1.79. The molecule has 6 heteroatoms. The van der Waals surface area contributed by atoms with Gasteiger partial charge in [0, 0.05) is 6.04 Å². The Labute approximate surface area is 122 Å². The van der Waals surface area contributed by atoms with Crippen molar-refractivity contribution in [1.82, 2.24) is 15.5 Å². The molecule has 2 unspecified atom stereocenters. The highest BCUT2D eigenvalue weighted by atomic mass is 19.1. The summed E-state index contributed by atoms with van der Waals surface area (Å²) in [5.41, 5.74) is 0.351. The van der Waals surface area contributed by atoms with Crippen LogP contribution in [-0.2, 0) is 4.74 Å². The topological polar surface area (TPSA) is 60.2 Å². The molecule has 1 aromatic heterocycles. The number of rotatable bonds is 5. The molecule has 0 bridgehead atoms. The summed E-state index contributed by atoms with van der Waals surface area (Å²) in [4.78, 5) is 4.34. The summed E-state index contributed by atoms with van der Waals surface area (Å²) in [5, 5.41) is 7.31. The molecule has 112 valence electrons. The van der Waals surface area contributed by atoms with E-state index in [0.717, 1.165) is 13.0 Å². The molecule has 1 aromatic carbocycles. The van der Waals surface area contributed by atoms with Gasteiger partial charge in [-0.1, -0.05) is 24.2 Å². The fraction of sp³-hybridized carbons (Fsp3) is 0.467. The lowest BCUT2D eigenvalue weighted by molar-refractivity contribution is 0.184. The van der Waals surface area contributed by atoms with Crippen molar-refractivity contribution in [2.45, 2.75) is 25.3 Å². The van der Waals surface area contributed by atoms with E-state index in [1.165, 1.54) is 6.07 Å². The van der Waals surface area contributed by atoms with E-state index >= 15 is 0 Å². The molecule has 0 amide bonds. The maximum absolute atomic E-state index is 13.7. The number of nitrogens with one attached hydrogen (secondary N) is 1. The summed E-state index contributed by atoms with van der Waals surface area (Å²) in [6.07, 6.45) is 1.05. The van der Waals surface area contributed by atoms with E-state index in [0.29, 0.717) is 24.7 Å². The maximum Gasteiger partial charge on any atom is 0.234 e. The van der Waals surface area contributed by atoms with Gasteiger partial charge in [0.05, 0.1) is 24.7 Å². The standard InChI is InChI=1S/C15H18FN3O2/c1-2-7-17-13-9-20-8-11(13)15-18-14(19-21-15)10-5-3-4-6-12(10)16/h3-6,11,13,17H,2,7-9H2,1H3. The molecule has 0 saturated carbocycles. The van der Waals surface area contributed by atoms with E-state index in [9.17, 15) is 4.39 Å². The third kappa shape index (κ3) is 2.96. The van der Waals surface area contributed by atoms with Crippen LogP contribution in [0.3, 0.4) is 0 Å². The molecule has 21 heavy (non-hydrogen) atoms. The van der Waals surface area contributed by atoms with Crippen LogP contribution in [0.5, 0.6) is 0 Å². The van der Waals surface area contributed by atoms with Crippen molar-refractivity contribution < 1.29 is 13.7 Å². The number of hydrogen-bond acceptors (Lipinski definition) is 5. The van der Waals surface area contributed by atoms with Crippen LogP contribution in [0.2, 0.25) is 0 Å². The average Bonchev–Trinajstić information content (AvgIpc) is 3.14. The molecular weight excluding hydrogens is 273 g/mol. The van der Waals surface area contributed by atoms with E-state index in [-0.39, 0.29) is 23.6 Å². The molecule has 1 aliphatic rings. The fourth-order valence-corrected chi connectivity index (χ4v) is 2.47. The fourth-order valence-electron chi connectivity index (χ4n) is 2.47. The van der Waals surface area contributed by atoms with Gasteiger partial charge in [-0.2, -0.15) is 4.98 Å². The summed E-state index contributed by atoms with van der Waals surface area (Å²) < 4.78 is 24.6. The average molecular weight is 291 g/mol. The van der Waals surface area contributed by atoms with E-state index in [4.69, 9.17) is 9.26 Å². The lowest BCUT2D eigenvalue weighted by atomic mass is 10.0. The number of halogens is 1. The first-order valence-electron chi connectivity index (χ1n) is 7.19. The Morgan fingerprint density at radius 2 is 2.19 bits per heavy atom. The Morgan fingerprint density at radius 3 is 3.00 bits per heavy atom. The molecule has 0 spiro atoms. The lowest BCUT2D eigenvalue weighted by Gasteiger charge is -2.14. The van der Waals surface area contributed by atoms with Crippen molar-refractivity contribution in [3.8, 4) is 11.4 Å². The van der Waals surface area contributed by atoms with Gasteiger partial charge in [0.25, 0.3) is 0 Å². The second kappa shape index (κ2) is 6.32. The van der Waals surface area contributed by atoms with Gasteiger partial charge >= 0.3 is 0 Å². The molecule has 5 nitrogen and oxygen atoms in total. The van der Waals surface area contributed by atoms with Crippen LogP contribution >= 0.6 is 0 Å². The molecule has 1 N–H and O–H groups in total. The Balaban J connectivity index is 1.80. The Morgan fingerprint density at radius 1 is 1.33 bits per heavy atom. The van der Waals surface area contributed by atoms with E-state index < -0.39 is 0 Å². The predicted octanol–water partition coefficient (Wildman–Crippen LogP) is 2.36. The minimum Gasteiger partial charge on any atom is -0.379 e. The van der Waals surface area contributed by atoms with Gasteiger partial charge in [-0.3, -0.25) is 0 Å². The van der Waals surface area contributed by atoms with Crippen LogP contribution in [0.25, 0.3) is 11.4 Å². The molecule has 1 saturated heterocycles. The van der Waals surface area contributed by atoms with Gasteiger partial charge in [0.15, 0.2) is 0 Å². The van der Waals surface area contributed by atoms with Crippen LogP contribution in [-0.4, -0.2) is 35.9 Å². The minimum absolute atomic E-state index is 0.0181. The van der Waals surface area contributed by atoms with Crippen LogP contribution in [0.15, 0.2) is 28.8 Å². The van der Waals surface area contributed by atoms with Gasteiger partial charge < -0.3 is 14.6 Å². The third-order valence-electron chi connectivity index (χ3n) is 3.61. The highest BCUT2D eigenvalue weighted by Crippen LogP contribution is 2.27. The first-order chi connectivity index (χ1) is 10.3. The van der Waals surface area contributed by atoms with Crippen LogP contribution < -0.4 is 5.32 Å². The summed E-state index contributed by atoms with van der Waals surface area (Å²) >= 11 is 0. The zero-order valence-electron chi connectivity index (χ0n) is 11.9. The molecule has 1 fully saturated rings. The largest absolute Gasteiger partial charge is 0.379 e. The van der Waals surface area contributed by atoms with Crippen LogP contribution in [0.4, 0.5) is 4.39 Å². The molecule has 0 radical (unpaired) electrons. The Bertz CT molecular complexity index is 602. The van der Waals surface area contributed by atoms with Gasteiger partial charge in [0.2, 0.25) is 11.7 Å². The molecule has 2 heterocycles. The first-order valence-corrected chi connectivity index (χ1v) is 7.19. The highest BCUT2D eigenvalue weighted by molar-refractivity contribution is 5.54. The minimum atomic E-state index is -0.354. The second-order valence-electron chi connectivity index (χ2n) is 5.14. The van der Waals surface area contributed by atoms with Crippen molar-refractivity contribution in [3.05, 3.63) is 36.0 Å². The van der Waals surface area contributed by atoms with E-state index in [2.05, 4.69) is 22.4 Å². The number of hydrogen-bond donors (Lipinski definition) is 1. The number of nitrogens with zero attached hydrogens (tertiary/aromatic N) is 2. The van der Waals surface area contributed by atoms with Gasteiger partial charge in [0.1, 0.15) is 5.82 Å². The summed E-state index contributed by atoms with van der Waals surface area (Å²) in [7, 11) is 0. The zero-order chi connectivity index (χ0) is 14.7. The van der Waals surface area contributed by atoms with Crippen molar-refractivity contribution in [2.24, 2.45) is 0 Å². The second-order valence-corrected chi connectivity index (χ2v) is 5.14. The molecular formula is C15H18FN3O2. The normalized spacial score (nSPS) is 21.8. The monoisotopic (exact) mass is 291 g/mol. The highest BCUT2D eigenvalue weighted by Gasteiger charge is 2.33. The van der Waals surface area contributed by atoms with Gasteiger partial charge in [-0.05, 0) is 25.1 Å². The molecule has 0 aliphatic carbocycles. The summed E-state index contributed by atoms with van der Waals surface area (Å²) in [6, 6.07) is 6.57. The van der Waals surface area contributed by atoms with E-state index in [1.54, 1.807) is 18.2 Å². The smallest absolute Gasteiger partial charge is 0.234 e. The third-order valence-corrected chi connectivity index (χ3v) is 3.61. The van der Waals surface area contributed by atoms with Crippen molar-refractivity contribution >= 4 is 0 Å². The first kappa shape index (κ1) is 14.2. The quantitative estimate of drug-likeness (QED) is 0.916.